The maximum atomic E-state index is 13.2. The highest BCUT2D eigenvalue weighted by molar-refractivity contribution is 5.99. The van der Waals surface area contributed by atoms with Crippen LogP contribution in [0.3, 0.4) is 0 Å². The van der Waals surface area contributed by atoms with Crippen molar-refractivity contribution in [3.8, 4) is 5.75 Å². The predicted octanol–water partition coefficient (Wildman–Crippen LogP) is 2.60. The summed E-state index contributed by atoms with van der Waals surface area (Å²) in [4.78, 5) is 28.0. The number of nitrogens with zero attached hydrogens (tertiary/aromatic N) is 1. The molecule has 0 spiro atoms. The standard InChI is InChI=1S/C23H25N3O3/c27-22(21-13-15-4-1-2-7-20(15)29-21)25-17-6-3-5-16(12-17)23(28)26-18-8-9-19(26)14-24-11-10-18/h1-7,12,18-19,21,24H,8-11,13-14H2,(H,25,27). The molecule has 2 aromatic rings. The Balaban J connectivity index is 1.29. The van der Waals surface area contributed by atoms with Crippen LogP contribution in [0.5, 0.6) is 5.75 Å². The van der Waals surface area contributed by atoms with Crippen molar-refractivity contribution in [2.45, 2.75) is 43.9 Å². The summed E-state index contributed by atoms with van der Waals surface area (Å²) < 4.78 is 5.77. The van der Waals surface area contributed by atoms with E-state index in [0.717, 1.165) is 43.7 Å². The van der Waals surface area contributed by atoms with Gasteiger partial charge in [-0.15, -0.1) is 0 Å². The molecule has 29 heavy (non-hydrogen) atoms. The molecule has 0 radical (unpaired) electrons. The first kappa shape index (κ1) is 18.2. The lowest BCUT2D eigenvalue weighted by molar-refractivity contribution is -0.122. The van der Waals surface area contributed by atoms with Crippen molar-refractivity contribution in [1.82, 2.24) is 10.2 Å². The highest BCUT2D eigenvalue weighted by Crippen LogP contribution is 2.31. The molecular weight excluding hydrogens is 366 g/mol. The number of para-hydroxylation sites is 1. The van der Waals surface area contributed by atoms with Crippen molar-refractivity contribution in [3.63, 3.8) is 0 Å². The number of amides is 2. The summed E-state index contributed by atoms with van der Waals surface area (Å²) in [6.45, 7) is 1.82. The number of benzene rings is 2. The third-order valence-corrected chi connectivity index (χ3v) is 6.21. The summed E-state index contributed by atoms with van der Waals surface area (Å²) in [5, 5.41) is 6.35. The minimum atomic E-state index is -0.542. The molecule has 2 amide bonds. The average molecular weight is 391 g/mol. The van der Waals surface area contributed by atoms with E-state index in [1.807, 2.05) is 42.5 Å². The molecule has 150 valence electrons. The third-order valence-electron chi connectivity index (χ3n) is 6.21. The molecule has 2 fully saturated rings. The molecule has 0 aliphatic carbocycles. The third kappa shape index (κ3) is 3.49. The molecule has 6 nitrogen and oxygen atoms in total. The molecule has 6 heteroatoms. The Morgan fingerprint density at radius 1 is 1.03 bits per heavy atom. The number of carbonyl (C=O) groups is 2. The van der Waals surface area contributed by atoms with E-state index in [2.05, 4.69) is 15.5 Å². The number of anilines is 1. The molecule has 3 atom stereocenters. The number of nitrogens with one attached hydrogen (secondary N) is 2. The van der Waals surface area contributed by atoms with Crippen LogP contribution >= 0.6 is 0 Å². The maximum absolute atomic E-state index is 13.2. The normalized spacial score (nSPS) is 25.1. The van der Waals surface area contributed by atoms with E-state index in [1.54, 1.807) is 6.07 Å². The smallest absolute Gasteiger partial charge is 0.265 e. The zero-order valence-corrected chi connectivity index (χ0v) is 16.3. The van der Waals surface area contributed by atoms with Crippen LogP contribution in [-0.4, -0.2) is 48.0 Å². The van der Waals surface area contributed by atoms with Crippen LogP contribution < -0.4 is 15.4 Å². The van der Waals surface area contributed by atoms with Crippen LogP contribution in [0, 0.1) is 0 Å². The lowest BCUT2D eigenvalue weighted by atomic mass is 10.1. The quantitative estimate of drug-likeness (QED) is 0.844. The zero-order chi connectivity index (χ0) is 19.8. The molecule has 5 rings (SSSR count). The van der Waals surface area contributed by atoms with Gasteiger partial charge < -0.3 is 20.3 Å². The minimum absolute atomic E-state index is 0.0572. The molecule has 2 bridgehead atoms. The topological polar surface area (TPSA) is 70.7 Å². The van der Waals surface area contributed by atoms with E-state index in [1.165, 1.54) is 0 Å². The van der Waals surface area contributed by atoms with Gasteiger partial charge in [0.05, 0.1) is 0 Å². The number of fused-ring (bicyclic) bond motifs is 3. The summed E-state index contributed by atoms with van der Waals surface area (Å²) in [5.74, 6) is 0.633. The van der Waals surface area contributed by atoms with Crippen LogP contribution in [-0.2, 0) is 11.2 Å². The van der Waals surface area contributed by atoms with Crippen molar-refractivity contribution in [2.24, 2.45) is 0 Å². The molecule has 2 N–H and O–H groups in total. The summed E-state index contributed by atoms with van der Waals surface area (Å²) in [6.07, 6.45) is 3.15. The number of rotatable bonds is 3. The van der Waals surface area contributed by atoms with Gasteiger partial charge in [0.2, 0.25) is 0 Å². The molecular formula is C23H25N3O3. The van der Waals surface area contributed by atoms with Gasteiger partial charge in [0, 0.05) is 36.3 Å². The number of ether oxygens (including phenoxy) is 1. The number of hydrogen-bond donors (Lipinski definition) is 2. The zero-order valence-electron chi connectivity index (χ0n) is 16.3. The van der Waals surface area contributed by atoms with Gasteiger partial charge in [0.15, 0.2) is 6.10 Å². The Morgan fingerprint density at radius 3 is 2.79 bits per heavy atom. The van der Waals surface area contributed by atoms with Gasteiger partial charge >= 0.3 is 0 Å². The largest absolute Gasteiger partial charge is 0.480 e. The molecule has 0 aromatic heterocycles. The van der Waals surface area contributed by atoms with Crippen molar-refractivity contribution < 1.29 is 14.3 Å². The minimum Gasteiger partial charge on any atom is -0.480 e. The van der Waals surface area contributed by atoms with Gasteiger partial charge in [-0.2, -0.15) is 0 Å². The summed E-state index contributed by atoms with van der Waals surface area (Å²) in [7, 11) is 0. The highest BCUT2D eigenvalue weighted by atomic mass is 16.5. The van der Waals surface area contributed by atoms with E-state index < -0.39 is 6.10 Å². The van der Waals surface area contributed by atoms with Crippen molar-refractivity contribution in [1.29, 1.82) is 0 Å². The maximum Gasteiger partial charge on any atom is 0.265 e. The fraction of sp³-hybridized carbons (Fsp3) is 0.391. The van der Waals surface area contributed by atoms with Crippen molar-refractivity contribution >= 4 is 17.5 Å². The Bertz CT molecular complexity index is 905. The first-order valence-corrected chi connectivity index (χ1v) is 10.4. The van der Waals surface area contributed by atoms with Crippen LogP contribution in [0.4, 0.5) is 5.69 Å². The van der Waals surface area contributed by atoms with E-state index in [4.69, 9.17) is 4.74 Å². The summed E-state index contributed by atoms with van der Waals surface area (Å²) >= 11 is 0. The Kier molecular flexibility index (Phi) is 4.72. The lowest BCUT2D eigenvalue weighted by Gasteiger charge is -2.28. The molecule has 3 aliphatic rings. The SMILES string of the molecule is O=C(Nc1cccc(C(=O)N2C3CCNCC2CC3)c1)C1Cc2ccccc2O1. The van der Waals surface area contributed by atoms with Crippen LogP contribution in [0.1, 0.15) is 35.2 Å². The number of hydrogen-bond acceptors (Lipinski definition) is 4. The van der Waals surface area contributed by atoms with Gasteiger partial charge in [-0.25, -0.2) is 0 Å². The van der Waals surface area contributed by atoms with Crippen LogP contribution in [0.2, 0.25) is 0 Å². The van der Waals surface area contributed by atoms with E-state index in [0.29, 0.717) is 23.7 Å². The van der Waals surface area contributed by atoms with Crippen molar-refractivity contribution in [3.05, 3.63) is 59.7 Å². The van der Waals surface area contributed by atoms with Crippen LogP contribution in [0.15, 0.2) is 48.5 Å². The predicted molar refractivity (Wildman–Crippen MR) is 110 cm³/mol. The van der Waals surface area contributed by atoms with E-state index in [9.17, 15) is 9.59 Å². The second-order valence-corrected chi connectivity index (χ2v) is 8.08. The van der Waals surface area contributed by atoms with Gasteiger partial charge in [0.25, 0.3) is 11.8 Å². The molecule has 0 saturated carbocycles. The highest BCUT2D eigenvalue weighted by Gasteiger charge is 2.38. The lowest BCUT2D eigenvalue weighted by Crippen LogP contribution is -2.42. The molecule has 3 unspecified atom stereocenters. The first-order chi connectivity index (χ1) is 14.2. The first-order valence-electron chi connectivity index (χ1n) is 10.4. The van der Waals surface area contributed by atoms with Crippen LogP contribution in [0.25, 0.3) is 0 Å². The molecule has 2 saturated heterocycles. The fourth-order valence-corrected chi connectivity index (χ4v) is 4.74. The summed E-state index contributed by atoms with van der Waals surface area (Å²) in [6, 6.07) is 15.5. The van der Waals surface area contributed by atoms with Gasteiger partial charge in [-0.3, -0.25) is 9.59 Å². The Morgan fingerprint density at radius 2 is 1.90 bits per heavy atom. The van der Waals surface area contributed by atoms with Gasteiger partial charge in [0.1, 0.15) is 5.75 Å². The van der Waals surface area contributed by atoms with E-state index >= 15 is 0 Å². The van der Waals surface area contributed by atoms with Crippen molar-refractivity contribution in [2.75, 3.05) is 18.4 Å². The van der Waals surface area contributed by atoms with Gasteiger partial charge in [-0.1, -0.05) is 24.3 Å². The monoisotopic (exact) mass is 391 g/mol. The average Bonchev–Trinajstić information content (AvgIpc) is 3.27. The fourth-order valence-electron chi connectivity index (χ4n) is 4.74. The Hall–Kier alpha value is -2.86. The molecule has 2 aromatic carbocycles. The molecule has 3 heterocycles. The Labute approximate surface area is 170 Å². The molecule has 3 aliphatic heterocycles. The van der Waals surface area contributed by atoms with Gasteiger partial charge in [-0.05, 0) is 55.6 Å². The second-order valence-electron chi connectivity index (χ2n) is 8.08. The van der Waals surface area contributed by atoms with E-state index in [-0.39, 0.29) is 17.9 Å². The summed E-state index contributed by atoms with van der Waals surface area (Å²) in [5.41, 5.74) is 2.29. The second kappa shape index (κ2) is 7.52. The number of carbonyl (C=O) groups excluding carboxylic acids is 2.